The maximum absolute atomic E-state index is 12.8. The number of hydrogen-bond donors (Lipinski definition) is 3. The van der Waals surface area contributed by atoms with Crippen LogP contribution in [0.15, 0.2) is 36.4 Å². The van der Waals surface area contributed by atoms with Gasteiger partial charge in [-0.2, -0.15) is 26.3 Å². The zero-order valence-corrected chi connectivity index (χ0v) is 23.6. The number of nitrogens with one attached hydrogen (secondary N) is 1. The van der Waals surface area contributed by atoms with Gasteiger partial charge in [-0.3, -0.25) is 4.79 Å². The zero-order valence-electron chi connectivity index (χ0n) is 23.6. The minimum Gasteiger partial charge on any atom is -0.475 e. The molecule has 1 amide bonds. The maximum Gasteiger partial charge on any atom is 0.490 e. The summed E-state index contributed by atoms with van der Waals surface area (Å²) in [6.07, 6.45) is -4.73. The van der Waals surface area contributed by atoms with Gasteiger partial charge in [0.2, 0.25) is 0 Å². The Hall–Kier alpha value is -3.88. The summed E-state index contributed by atoms with van der Waals surface area (Å²) in [5, 5.41) is 17.4. The standard InChI is InChI=1S/C24H32N4O.2C2HF3O2/c1-27(2)23-21(24(29)25-17-19-8-9-19)16-20-11-14-28(15-12-22(20)26-23)13-10-18-6-4-3-5-7-18;2*3-2(4,5)1(6)7/h3-7,16,19H,8-15,17H2,1-2H3,(H,25,29);2*(H,6,7). The summed E-state index contributed by atoms with van der Waals surface area (Å²) in [4.78, 5) is 40.0. The molecule has 3 N–H and O–H groups in total. The number of amides is 1. The lowest BCUT2D eigenvalue weighted by atomic mass is 10.0. The Kier molecular flexibility index (Phi) is 12.8. The average Bonchev–Trinajstić information content (AvgIpc) is 3.77. The molecule has 238 valence electrons. The Morgan fingerprint density at radius 3 is 1.98 bits per heavy atom. The van der Waals surface area contributed by atoms with E-state index in [0.717, 1.165) is 57.0 Å². The maximum atomic E-state index is 12.8. The van der Waals surface area contributed by atoms with E-state index in [2.05, 4.69) is 46.6 Å². The number of benzene rings is 1. The van der Waals surface area contributed by atoms with Gasteiger partial charge in [0, 0.05) is 52.4 Å². The molecule has 0 bridgehead atoms. The van der Waals surface area contributed by atoms with Crippen molar-refractivity contribution >= 4 is 23.7 Å². The SMILES string of the molecule is CN(C)c1nc2c(cc1C(=O)NCC1CC1)CCN(CCc1ccccc1)CC2.O=C(O)C(F)(F)F.O=C(O)C(F)(F)F. The molecule has 1 aliphatic heterocycles. The summed E-state index contributed by atoms with van der Waals surface area (Å²) in [5.74, 6) is -4.04. The van der Waals surface area contributed by atoms with Gasteiger partial charge in [0.05, 0.1) is 5.56 Å². The lowest BCUT2D eigenvalue weighted by Crippen LogP contribution is -2.28. The fourth-order valence-electron chi connectivity index (χ4n) is 3.99. The van der Waals surface area contributed by atoms with Crippen LogP contribution < -0.4 is 10.2 Å². The summed E-state index contributed by atoms with van der Waals surface area (Å²) < 4.78 is 63.5. The molecule has 1 aromatic heterocycles. The topological polar surface area (TPSA) is 123 Å². The van der Waals surface area contributed by atoms with Crippen LogP contribution in [0.4, 0.5) is 32.2 Å². The van der Waals surface area contributed by atoms with Gasteiger partial charge < -0.3 is 25.3 Å². The second-order valence-electron chi connectivity index (χ2n) is 10.2. The molecule has 9 nitrogen and oxygen atoms in total. The van der Waals surface area contributed by atoms with Crippen molar-refractivity contribution in [2.75, 3.05) is 45.2 Å². The van der Waals surface area contributed by atoms with Gasteiger partial charge in [-0.05, 0) is 48.8 Å². The van der Waals surface area contributed by atoms with E-state index in [1.165, 1.54) is 24.0 Å². The van der Waals surface area contributed by atoms with Crippen LogP contribution in [0.2, 0.25) is 0 Å². The minimum atomic E-state index is -5.08. The third kappa shape index (κ3) is 12.5. The predicted octanol–water partition coefficient (Wildman–Crippen LogP) is 4.20. The smallest absolute Gasteiger partial charge is 0.475 e. The van der Waals surface area contributed by atoms with Crippen LogP contribution in [0.3, 0.4) is 0 Å². The molecule has 1 aliphatic carbocycles. The van der Waals surface area contributed by atoms with E-state index in [1.807, 2.05) is 19.0 Å². The molecule has 0 spiro atoms. The lowest BCUT2D eigenvalue weighted by Gasteiger charge is -2.19. The largest absolute Gasteiger partial charge is 0.490 e. The van der Waals surface area contributed by atoms with E-state index in [-0.39, 0.29) is 5.91 Å². The molecule has 2 aliphatic rings. The van der Waals surface area contributed by atoms with Gasteiger partial charge in [0.25, 0.3) is 5.91 Å². The van der Waals surface area contributed by atoms with E-state index in [1.54, 1.807) is 0 Å². The van der Waals surface area contributed by atoms with Crippen molar-refractivity contribution in [3.63, 3.8) is 0 Å². The molecule has 4 rings (SSSR count). The molecule has 0 saturated heterocycles. The van der Waals surface area contributed by atoms with E-state index < -0.39 is 24.3 Å². The first kappa shape index (κ1) is 35.3. The van der Waals surface area contributed by atoms with E-state index in [4.69, 9.17) is 24.8 Å². The van der Waals surface area contributed by atoms with Crippen molar-refractivity contribution in [1.29, 1.82) is 0 Å². The molecule has 15 heteroatoms. The monoisotopic (exact) mass is 620 g/mol. The summed E-state index contributed by atoms with van der Waals surface area (Å²) in [7, 11) is 3.94. The number of aromatic nitrogens is 1. The number of hydrogen-bond acceptors (Lipinski definition) is 6. The zero-order chi connectivity index (χ0) is 32.4. The summed E-state index contributed by atoms with van der Waals surface area (Å²) in [6, 6.07) is 12.8. The number of nitrogens with zero attached hydrogens (tertiary/aromatic N) is 3. The van der Waals surface area contributed by atoms with Gasteiger partial charge in [-0.15, -0.1) is 0 Å². The first-order chi connectivity index (χ1) is 20.0. The molecule has 0 unspecified atom stereocenters. The normalized spacial score (nSPS) is 15.0. The molecule has 2 aromatic rings. The Balaban J connectivity index is 0.000000384. The van der Waals surface area contributed by atoms with Gasteiger partial charge in [-0.1, -0.05) is 30.3 Å². The molecule has 1 fully saturated rings. The van der Waals surface area contributed by atoms with Gasteiger partial charge in [0.1, 0.15) is 5.82 Å². The molecule has 2 heterocycles. The number of carbonyl (C=O) groups excluding carboxylic acids is 1. The summed E-state index contributed by atoms with van der Waals surface area (Å²) >= 11 is 0. The number of pyridine rings is 1. The average molecular weight is 621 g/mol. The molecule has 0 radical (unpaired) electrons. The number of aliphatic carboxylic acids is 2. The van der Waals surface area contributed by atoms with Crippen molar-refractivity contribution in [2.24, 2.45) is 5.92 Å². The molecular weight excluding hydrogens is 586 g/mol. The Morgan fingerprint density at radius 2 is 1.49 bits per heavy atom. The third-order valence-corrected chi connectivity index (χ3v) is 6.49. The third-order valence-electron chi connectivity index (χ3n) is 6.49. The van der Waals surface area contributed by atoms with Crippen molar-refractivity contribution < 1.29 is 50.9 Å². The van der Waals surface area contributed by atoms with Crippen LogP contribution in [0.1, 0.15) is 40.0 Å². The lowest BCUT2D eigenvalue weighted by molar-refractivity contribution is -0.193. The Morgan fingerprint density at radius 1 is 0.953 bits per heavy atom. The van der Waals surface area contributed by atoms with Crippen LogP contribution in [0, 0.1) is 5.92 Å². The van der Waals surface area contributed by atoms with E-state index in [0.29, 0.717) is 11.5 Å². The number of anilines is 1. The number of carboxylic acids is 2. The fourth-order valence-corrected chi connectivity index (χ4v) is 3.99. The van der Waals surface area contributed by atoms with Crippen LogP contribution in [0.5, 0.6) is 0 Å². The quantitative estimate of drug-likeness (QED) is 0.394. The highest BCUT2D eigenvalue weighted by molar-refractivity contribution is 5.99. The molecular formula is C28H34F6N4O5. The Bertz CT molecular complexity index is 1210. The molecule has 1 saturated carbocycles. The van der Waals surface area contributed by atoms with Crippen LogP contribution in [-0.4, -0.2) is 90.6 Å². The highest BCUT2D eigenvalue weighted by Crippen LogP contribution is 2.28. The number of halogens is 6. The first-order valence-corrected chi connectivity index (χ1v) is 13.3. The second-order valence-corrected chi connectivity index (χ2v) is 10.2. The van der Waals surface area contributed by atoms with Gasteiger partial charge in [-0.25, -0.2) is 14.6 Å². The van der Waals surface area contributed by atoms with Crippen molar-refractivity contribution in [1.82, 2.24) is 15.2 Å². The number of carboxylic acid groups (broad SMARTS) is 2. The van der Waals surface area contributed by atoms with Crippen LogP contribution >= 0.6 is 0 Å². The van der Waals surface area contributed by atoms with Crippen molar-refractivity contribution in [3.05, 3.63) is 58.8 Å². The number of alkyl halides is 6. The summed E-state index contributed by atoms with van der Waals surface area (Å²) in [5.41, 5.74) is 4.48. The number of carbonyl (C=O) groups is 3. The Labute approximate surface area is 244 Å². The second kappa shape index (κ2) is 15.5. The number of rotatable bonds is 7. The predicted molar refractivity (Wildman–Crippen MR) is 145 cm³/mol. The van der Waals surface area contributed by atoms with Crippen LogP contribution in [-0.2, 0) is 28.9 Å². The van der Waals surface area contributed by atoms with Gasteiger partial charge in [0.15, 0.2) is 0 Å². The highest BCUT2D eigenvalue weighted by Gasteiger charge is 2.39. The van der Waals surface area contributed by atoms with E-state index >= 15 is 0 Å². The van der Waals surface area contributed by atoms with Gasteiger partial charge >= 0.3 is 24.3 Å². The minimum absolute atomic E-state index is 0.0149. The number of fused-ring (bicyclic) bond motifs is 1. The first-order valence-electron chi connectivity index (χ1n) is 13.3. The summed E-state index contributed by atoms with van der Waals surface area (Å²) in [6.45, 7) is 3.89. The molecule has 0 atom stereocenters. The fraction of sp³-hybridized carbons (Fsp3) is 0.500. The molecule has 43 heavy (non-hydrogen) atoms. The highest BCUT2D eigenvalue weighted by atomic mass is 19.4. The molecule has 1 aromatic carbocycles. The van der Waals surface area contributed by atoms with Crippen LogP contribution in [0.25, 0.3) is 0 Å². The van der Waals surface area contributed by atoms with E-state index in [9.17, 15) is 31.1 Å². The van der Waals surface area contributed by atoms with Crippen molar-refractivity contribution in [3.8, 4) is 0 Å². The van der Waals surface area contributed by atoms with Crippen molar-refractivity contribution in [2.45, 2.75) is 44.5 Å².